The molecular weight excluding hydrogens is 334 g/mol. The zero-order valence-corrected chi connectivity index (χ0v) is 16.1. The third-order valence-corrected chi connectivity index (χ3v) is 6.59. The van der Waals surface area contributed by atoms with Gasteiger partial charge in [-0.15, -0.1) is 22.7 Å². The van der Waals surface area contributed by atoms with Gasteiger partial charge in [-0.1, -0.05) is 32.9 Å². The number of thiazole rings is 2. The van der Waals surface area contributed by atoms with Crippen molar-refractivity contribution in [1.82, 2.24) is 14.9 Å². The predicted molar refractivity (Wildman–Crippen MR) is 103 cm³/mol. The third kappa shape index (κ3) is 3.13. The zero-order valence-electron chi connectivity index (χ0n) is 14.5. The van der Waals surface area contributed by atoms with Gasteiger partial charge >= 0.3 is 0 Å². The summed E-state index contributed by atoms with van der Waals surface area (Å²) in [6.07, 6.45) is 2.45. The van der Waals surface area contributed by atoms with Crippen molar-refractivity contribution >= 4 is 32.9 Å². The molecule has 126 valence electrons. The van der Waals surface area contributed by atoms with Crippen LogP contribution in [-0.2, 0) is 12.0 Å². The summed E-state index contributed by atoms with van der Waals surface area (Å²) in [5.41, 5.74) is 2.47. The van der Waals surface area contributed by atoms with Gasteiger partial charge in [0.25, 0.3) is 0 Å². The third-order valence-electron chi connectivity index (χ3n) is 4.62. The molecule has 3 nitrogen and oxygen atoms in total. The normalized spacial score (nSPS) is 19.4. The van der Waals surface area contributed by atoms with E-state index in [1.54, 1.807) is 11.3 Å². The lowest BCUT2D eigenvalue weighted by atomic mass is 9.93. The van der Waals surface area contributed by atoms with Gasteiger partial charge in [-0.3, -0.25) is 4.90 Å². The van der Waals surface area contributed by atoms with E-state index in [0.717, 1.165) is 18.6 Å². The molecule has 1 aromatic carbocycles. The number of nitrogens with zero attached hydrogens (tertiary/aromatic N) is 3. The summed E-state index contributed by atoms with van der Waals surface area (Å²) in [4.78, 5) is 12.3. The molecule has 1 atom stereocenters. The minimum absolute atomic E-state index is 0.131. The van der Waals surface area contributed by atoms with Crippen molar-refractivity contribution in [3.63, 3.8) is 0 Å². The Kier molecular flexibility index (Phi) is 4.19. The van der Waals surface area contributed by atoms with Crippen molar-refractivity contribution in [3.8, 4) is 0 Å². The van der Waals surface area contributed by atoms with Crippen LogP contribution in [-0.4, -0.2) is 21.4 Å². The molecule has 1 fully saturated rings. The first kappa shape index (κ1) is 16.2. The highest BCUT2D eigenvalue weighted by molar-refractivity contribution is 7.18. The number of para-hydroxylation sites is 1. The molecule has 1 saturated heterocycles. The lowest BCUT2D eigenvalue weighted by molar-refractivity contribution is 0.247. The fourth-order valence-corrected chi connectivity index (χ4v) is 5.41. The number of likely N-dealkylation sites (tertiary alicyclic amines) is 1. The first-order valence-electron chi connectivity index (χ1n) is 8.55. The van der Waals surface area contributed by atoms with Crippen LogP contribution in [0.15, 0.2) is 29.6 Å². The van der Waals surface area contributed by atoms with Gasteiger partial charge in [0, 0.05) is 10.8 Å². The summed E-state index contributed by atoms with van der Waals surface area (Å²) in [5, 5.41) is 4.72. The Hall–Kier alpha value is -1.30. The standard InChI is InChI=1S/C19H23N3S2/c1-19(2,3)16-12-23-17(21-16)11-22-10-6-8-14(22)18-20-13-7-4-5-9-15(13)24-18/h4-5,7,9,12,14H,6,8,10-11H2,1-3H3. The second kappa shape index (κ2) is 6.21. The highest BCUT2D eigenvalue weighted by Gasteiger charge is 2.29. The van der Waals surface area contributed by atoms with Gasteiger partial charge in [-0.05, 0) is 31.5 Å². The second-order valence-electron chi connectivity index (χ2n) is 7.52. The van der Waals surface area contributed by atoms with E-state index >= 15 is 0 Å². The summed E-state index contributed by atoms with van der Waals surface area (Å²) in [5.74, 6) is 0. The Morgan fingerprint density at radius 2 is 2.04 bits per heavy atom. The zero-order chi connectivity index (χ0) is 16.7. The molecule has 0 N–H and O–H groups in total. The van der Waals surface area contributed by atoms with Gasteiger partial charge in [0.05, 0.1) is 28.5 Å². The molecule has 4 rings (SSSR count). The highest BCUT2D eigenvalue weighted by Crippen LogP contribution is 2.37. The summed E-state index contributed by atoms with van der Waals surface area (Å²) in [6, 6.07) is 8.91. The topological polar surface area (TPSA) is 29.0 Å². The van der Waals surface area contributed by atoms with Gasteiger partial charge in [-0.2, -0.15) is 0 Å². The first-order chi connectivity index (χ1) is 11.5. The van der Waals surface area contributed by atoms with Crippen LogP contribution in [0.3, 0.4) is 0 Å². The maximum Gasteiger partial charge on any atom is 0.111 e. The van der Waals surface area contributed by atoms with Crippen molar-refractivity contribution < 1.29 is 0 Å². The fourth-order valence-electron chi connectivity index (χ4n) is 3.23. The van der Waals surface area contributed by atoms with Crippen LogP contribution >= 0.6 is 22.7 Å². The van der Waals surface area contributed by atoms with E-state index in [-0.39, 0.29) is 5.41 Å². The molecule has 1 aliphatic heterocycles. The number of fused-ring (bicyclic) bond motifs is 1. The summed E-state index contributed by atoms with van der Waals surface area (Å²) >= 11 is 3.64. The van der Waals surface area contributed by atoms with Crippen LogP contribution in [0.5, 0.6) is 0 Å². The molecule has 1 unspecified atom stereocenters. The van der Waals surface area contributed by atoms with Crippen molar-refractivity contribution in [2.24, 2.45) is 0 Å². The lowest BCUT2D eigenvalue weighted by Crippen LogP contribution is -2.22. The number of rotatable bonds is 3. The molecular formula is C19H23N3S2. The van der Waals surface area contributed by atoms with Gasteiger partial charge < -0.3 is 0 Å². The quantitative estimate of drug-likeness (QED) is 0.629. The van der Waals surface area contributed by atoms with E-state index < -0.39 is 0 Å². The van der Waals surface area contributed by atoms with Crippen LogP contribution in [0.4, 0.5) is 0 Å². The van der Waals surface area contributed by atoms with Crippen molar-refractivity contribution in [3.05, 3.63) is 45.4 Å². The maximum atomic E-state index is 4.89. The largest absolute Gasteiger partial charge is 0.287 e. The van der Waals surface area contributed by atoms with Crippen molar-refractivity contribution in [2.45, 2.75) is 51.6 Å². The maximum absolute atomic E-state index is 4.89. The average molecular weight is 358 g/mol. The van der Waals surface area contributed by atoms with Crippen LogP contribution in [0.2, 0.25) is 0 Å². The molecule has 0 bridgehead atoms. The Labute approximate surface area is 151 Å². The second-order valence-corrected chi connectivity index (χ2v) is 9.53. The lowest BCUT2D eigenvalue weighted by Gasteiger charge is -2.21. The molecule has 24 heavy (non-hydrogen) atoms. The molecule has 0 aliphatic carbocycles. The van der Waals surface area contributed by atoms with Crippen LogP contribution in [0.25, 0.3) is 10.2 Å². The number of aromatic nitrogens is 2. The Morgan fingerprint density at radius 3 is 2.79 bits per heavy atom. The predicted octanol–water partition coefficient (Wildman–Crippen LogP) is 5.39. The van der Waals surface area contributed by atoms with Gasteiger partial charge in [0.15, 0.2) is 0 Å². The molecule has 0 spiro atoms. The Balaban J connectivity index is 1.55. The van der Waals surface area contributed by atoms with E-state index in [4.69, 9.17) is 9.97 Å². The molecule has 0 saturated carbocycles. The summed E-state index contributed by atoms with van der Waals surface area (Å²) < 4.78 is 1.30. The summed E-state index contributed by atoms with van der Waals surface area (Å²) in [6.45, 7) is 8.77. The van der Waals surface area contributed by atoms with Crippen molar-refractivity contribution in [1.29, 1.82) is 0 Å². The van der Waals surface area contributed by atoms with Gasteiger partial charge in [0.1, 0.15) is 10.0 Å². The SMILES string of the molecule is CC(C)(C)c1csc(CN2CCCC2c2nc3ccccc3s2)n1. The van der Waals surface area contributed by atoms with E-state index in [1.807, 2.05) is 11.3 Å². The number of hydrogen-bond donors (Lipinski definition) is 0. The first-order valence-corrected chi connectivity index (χ1v) is 10.2. The molecule has 2 aromatic heterocycles. The van der Waals surface area contributed by atoms with Crippen molar-refractivity contribution in [2.75, 3.05) is 6.54 Å². The number of hydrogen-bond acceptors (Lipinski definition) is 5. The smallest absolute Gasteiger partial charge is 0.111 e. The molecule has 3 heterocycles. The minimum Gasteiger partial charge on any atom is -0.287 e. The van der Waals surface area contributed by atoms with Crippen LogP contribution in [0.1, 0.15) is 55.4 Å². The van der Waals surface area contributed by atoms with Crippen LogP contribution in [0, 0.1) is 0 Å². The van der Waals surface area contributed by atoms with E-state index in [1.165, 1.54) is 33.3 Å². The molecule has 0 amide bonds. The average Bonchev–Trinajstić information content (AvgIpc) is 3.25. The summed E-state index contributed by atoms with van der Waals surface area (Å²) in [7, 11) is 0. The monoisotopic (exact) mass is 357 g/mol. The highest BCUT2D eigenvalue weighted by atomic mass is 32.1. The van der Waals surface area contributed by atoms with E-state index in [0.29, 0.717) is 6.04 Å². The van der Waals surface area contributed by atoms with E-state index in [9.17, 15) is 0 Å². The molecule has 1 aliphatic rings. The van der Waals surface area contributed by atoms with Gasteiger partial charge in [0.2, 0.25) is 0 Å². The fraction of sp³-hybridized carbons (Fsp3) is 0.474. The molecule has 5 heteroatoms. The molecule has 3 aromatic rings. The van der Waals surface area contributed by atoms with Gasteiger partial charge in [-0.25, -0.2) is 9.97 Å². The minimum atomic E-state index is 0.131. The van der Waals surface area contributed by atoms with E-state index in [2.05, 4.69) is 55.3 Å². The van der Waals surface area contributed by atoms with Crippen LogP contribution < -0.4 is 0 Å². The molecule has 0 radical (unpaired) electrons. The Morgan fingerprint density at radius 1 is 1.21 bits per heavy atom. The number of benzene rings is 1. The Bertz CT molecular complexity index is 811.